The minimum absolute atomic E-state index is 0.353. The second-order valence-corrected chi connectivity index (χ2v) is 6.64. The van der Waals surface area contributed by atoms with Crippen molar-refractivity contribution in [2.24, 2.45) is 5.92 Å². The fraction of sp³-hybridized carbons (Fsp3) is 1.00. The molecule has 1 saturated carbocycles. The normalized spacial score (nSPS) is 23.0. The Bertz CT molecular complexity index is 230. The Morgan fingerprint density at radius 1 is 1.17 bits per heavy atom. The Hall–Kier alpha value is -0.120. The first-order valence-electron chi connectivity index (χ1n) is 7.85. The smallest absolute Gasteiger partial charge is 0.0166 e. The van der Waals surface area contributed by atoms with Crippen LogP contribution in [0.2, 0.25) is 0 Å². The molecular formula is C15H31N3. The van der Waals surface area contributed by atoms with Gasteiger partial charge in [-0.1, -0.05) is 19.3 Å². The van der Waals surface area contributed by atoms with Crippen molar-refractivity contribution in [3.05, 3.63) is 0 Å². The zero-order valence-electron chi connectivity index (χ0n) is 12.3. The van der Waals surface area contributed by atoms with Crippen molar-refractivity contribution in [2.45, 2.75) is 51.5 Å². The molecule has 3 nitrogen and oxygen atoms in total. The molecule has 0 atom stereocenters. The van der Waals surface area contributed by atoms with E-state index >= 15 is 0 Å². The summed E-state index contributed by atoms with van der Waals surface area (Å²) in [6, 6.07) is 0. The van der Waals surface area contributed by atoms with Gasteiger partial charge in [0.05, 0.1) is 0 Å². The molecule has 0 aromatic heterocycles. The minimum atomic E-state index is 0.353. The quantitative estimate of drug-likeness (QED) is 0.678. The average Bonchev–Trinajstić information content (AvgIpc) is 2.32. The number of hydrogen-bond acceptors (Lipinski definition) is 3. The minimum Gasteiger partial charge on any atom is -0.317 e. The molecule has 106 valence electrons. The van der Waals surface area contributed by atoms with Crippen molar-refractivity contribution in [3.8, 4) is 0 Å². The molecule has 0 aromatic rings. The van der Waals surface area contributed by atoms with Gasteiger partial charge in [0.2, 0.25) is 0 Å². The largest absolute Gasteiger partial charge is 0.317 e. The average molecular weight is 253 g/mol. The van der Waals surface area contributed by atoms with Crippen LogP contribution in [0.15, 0.2) is 0 Å². The van der Waals surface area contributed by atoms with Crippen LogP contribution in [0.1, 0.15) is 46.0 Å². The summed E-state index contributed by atoms with van der Waals surface area (Å²) < 4.78 is 0. The zero-order chi connectivity index (χ0) is 12.8. The molecule has 1 saturated heterocycles. The first-order chi connectivity index (χ1) is 8.68. The third-order valence-electron chi connectivity index (χ3n) is 4.84. The molecule has 3 heteroatoms. The maximum Gasteiger partial charge on any atom is 0.0166 e. The van der Waals surface area contributed by atoms with Crippen LogP contribution in [-0.4, -0.2) is 49.7 Å². The first kappa shape index (κ1) is 14.3. The summed E-state index contributed by atoms with van der Waals surface area (Å²) in [5.41, 5.74) is 0.353. The molecule has 2 rings (SSSR count). The molecule has 18 heavy (non-hydrogen) atoms. The van der Waals surface area contributed by atoms with E-state index in [0.717, 1.165) is 19.0 Å². The molecule has 0 radical (unpaired) electrons. The van der Waals surface area contributed by atoms with E-state index in [2.05, 4.69) is 29.4 Å². The summed E-state index contributed by atoms with van der Waals surface area (Å²) in [6.07, 6.45) is 7.09. The van der Waals surface area contributed by atoms with E-state index in [1.807, 2.05) is 0 Å². The summed E-state index contributed by atoms with van der Waals surface area (Å²) in [7, 11) is 0. The van der Waals surface area contributed by atoms with Crippen LogP contribution in [0, 0.1) is 5.92 Å². The van der Waals surface area contributed by atoms with Gasteiger partial charge in [0.15, 0.2) is 0 Å². The van der Waals surface area contributed by atoms with Crippen molar-refractivity contribution in [1.29, 1.82) is 0 Å². The summed E-state index contributed by atoms with van der Waals surface area (Å²) in [5, 5.41) is 7.07. The lowest BCUT2D eigenvalue weighted by Crippen LogP contribution is -2.54. The molecule has 2 fully saturated rings. The maximum atomic E-state index is 3.64. The number of piperazine rings is 1. The highest BCUT2D eigenvalue weighted by Crippen LogP contribution is 2.28. The molecule has 2 N–H and O–H groups in total. The standard InChI is InChI=1S/C15H31N3/c1-15(2,18-12-10-17-11-13-18)7-9-16-8-6-14-4-3-5-14/h14,16-17H,3-13H2,1-2H3. The van der Waals surface area contributed by atoms with E-state index in [1.165, 1.54) is 58.3 Å². The van der Waals surface area contributed by atoms with E-state index in [-0.39, 0.29) is 0 Å². The molecule has 1 aliphatic heterocycles. The lowest BCUT2D eigenvalue weighted by Gasteiger charge is -2.41. The van der Waals surface area contributed by atoms with Crippen LogP contribution < -0.4 is 10.6 Å². The predicted octanol–water partition coefficient (Wildman–Crippen LogP) is 1.84. The van der Waals surface area contributed by atoms with E-state index in [9.17, 15) is 0 Å². The summed E-state index contributed by atoms with van der Waals surface area (Å²) in [6.45, 7) is 11.9. The van der Waals surface area contributed by atoms with E-state index in [4.69, 9.17) is 0 Å². The summed E-state index contributed by atoms with van der Waals surface area (Å²) >= 11 is 0. The highest BCUT2D eigenvalue weighted by Gasteiger charge is 2.27. The Morgan fingerprint density at radius 3 is 2.50 bits per heavy atom. The van der Waals surface area contributed by atoms with Crippen LogP contribution in [0.25, 0.3) is 0 Å². The van der Waals surface area contributed by atoms with Crippen molar-refractivity contribution in [3.63, 3.8) is 0 Å². The topological polar surface area (TPSA) is 27.3 Å². The number of hydrogen-bond donors (Lipinski definition) is 2. The second kappa shape index (κ2) is 6.88. The number of nitrogens with zero attached hydrogens (tertiary/aromatic N) is 1. The van der Waals surface area contributed by atoms with Gasteiger partial charge in [0, 0.05) is 31.7 Å². The molecule has 0 spiro atoms. The third-order valence-corrected chi connectivity index (χ3v) is 4.84. The molecule has 2 aliphatic rings. The van der Waals surface area contributed by atoms with Crippen LogP contribution >= 0.6 is 0 Å². The number of nitrogens with one attached hydrogen (secondary N) is 2. The first-order valence-corrected chi connectivity index (χ1v) is 7.85. The van der Waals surface area contributed by atoms with Gasteiger partial charge in [-0.3, -0.25) is 4.90 Å². The van der Waals surface area contributed by atoms with Gasteiger partial charge in [0.1, 0.15) is 0 Å². The van der Waals surface area contributed by atoms with Crippen LogP contribution in [-0.2, 0) is 0 Å². The maximum absolute atomic E-state index is 3.64. The van der Waals surface area contributed by atoms with Crippen molar-refractivity contribution >= 4 is 0 Å². The van der Waals surface area contributed by atoms with E-state index in [0.29, 0.717) is 5.54 Å². The molecule has 0 unspecified atom stereocenters. The van der Waals surface area contributed by atoms with Gasteiger partial charge >= 0.3 is 0 Å². The molecule has 0 aromatic carbocycles. The second-order valence-electron chi connectivity index (χ2n) is 6.64. The molecule has 1 aliphatic carbocycles. The van der Waals surface area contributed by atoms with Crippen molar-refractivity contribution < 1.29 is 0 Å². The number of rotatable bonds is 7. The highest BCUT2D eigenvalue weighted by molar-refractivity contribution is 4.85. The fourth-order valence-electron chi connectivity index (χ4n) is 3.04. The molecule has 0 bridgehead atoms. The fourth-order valence-corrected chi connectivity index (χ4v) is 3.04. The monoisotopic (exact) mass is 253 g/mol. The predicted molar refractivity (Wildman–Crippen MR) is 78.0 cm³/mol. The van der Waals surface area contributed by atoms with Gasteiger partial charge in [-0.05, 0) is 45.7 Å². The zero-order valence-corrected chi connectivity index (χ0v) is 12.3. The lowest BCUT2D eigenvalue weighted by atomic mass is 9.83. The van der Waals surface area contributed by atoms with Crippen molar-refractivity contribution in [2.75, 3.05) is 39.3 Å². The van der Waals surface area contributed by atoms with Crippen molar-refractivity contribution in [1.82, 2.24) is 15.5 Å². The Labute approximate surface area is 113 Å². The molecule has 1 heterocycles. The highest BCUT2D eigenvalue weighted by atomic mass is 15.2. The third kappa shape index (κ3) is 4.22. The van der Waals surface area contributed by atoms with Gasteiger partial charge in [-0.2, -0.15) is 0 Å². The Morgan fingerprint density at radius 2 is 1.89 bits per heavy atom. The Balaban J connectivity index is 1.55. The SMILES string of the molecule is CC(C)(CCNCCC1CCC1)N1CCNCC1. The molecular weight excluding hydrogens is 222 g/mol. The summed E-state index contributed by atoms with van der Waals surface area (Å²) in [4.78, 5) is 2.64. The van der Waals surface area contributed by atoms with Crippen LogP contribution in [0.4, 0.5) is 0 Å². The van der Waals surface area contributed by atoms with Crippen LogP contribution in [0.5, 0.6) is 0 Å². The van der Waals surface area contributed by atoms with Gasteiger partial charge in [-0.15, -0.1) is 0 Å². The Kier molecular flexibility index (Phi) is 5.46. The van der Waals surface area contributed by atoms with Gasteiger partial charge in [-0.25, -0.2) is 0 Å². The van der Waals surface area contributed by atoms with Gasteiger partial charge < -0.3 is 10.6 Å². The summed E-state index contributed by atoms with van der Waals surface area (Å²) in [5.74, 6) is 1.04. The van der Waals surface area contributed by atoms with Crippen LogP contribution in [0.3, 0.4) is 0 Å². The van der Waals surface area contributed by atoms with E-state index in [1.54, 1.807) is 0 Å². The van der Waals surface area contributed by atoms with Gasteiger partial charge in [0.25, 0.3) is 0 Å². The van der Waals surface area contributed by atoms with E-state index < -0.39 is 0 Å². The molecule has 0 amide bonds. The lowest BCUT2D eigenvalue weighted by molar-refractivity contribution is 0.0954.